The minimum atomic E-state index is -0.417. The number of amides is 1. The second-order valence-electron chi connectivity index (χ2n) is 3.90. The molecule has 0 aliphatic rings. The Hall–Kier alpha value is -2.61. The lowest BCUT2D eigenvalue weighted by atomic mass is 10.2. The SMILES string of the molecule is NC(=S)NNC(=O)COc1ccc2[nH]c(=O)ccc2c1. The zero-order chi connectivity index (χ0) is 14.5. The van der Waals surface area contributed by atoms with Crippen LogP contribution in [0.1, 0.15) is 0 Å². The van der Waals surface area contributed by atoms with E-state index in [1.807, 2.05) is 0 Å². The molecule has 104 valence electrons. The summed E-state index contributed by atoms with van der Waals surface area (Å²) in [5.74, 6) is 0.0920. The standard InChI is InChI=1S/C12H12N4O3S/c13-12(20)16-15-11(18)6-19-8-2-3-9-7(5-8)1-4-10(17)14-9/h1-5H,6H2,(H,14,17)(H,15,18)(H3,13,16,20). The minimum Gasteiger partial charge on any atom is -0.484 e. The van der Waals surface area contributed by atoms with Crippen molar-refractivity contribution in [1.82, 2.24) is 15.8 Å². The highest BCUT2D eigenvalue weighted by Gasteiger charge is 2.03. The smallest absolute Gasteiger partial charge is 0.276 e. The number of thiocarbonyl (C=S) groups is 1. The van der Waals surface area contributed by atoms with Crippen molar-refractivity contribution in [3.8, 4) is 5.75 Å². The molecule has 1 heterocycles. The van der Waals surface area contributed by atoms with E-state index in [2.05, 4.69) is 28.1 Å². The van der Waals surface area contributed by atoms with Crippen LogP contribution in [-0.4, -0.2) is 22.6 Å². The van der Waals surface area contributed by atoms with E-state index in [1.165, 1.54) is 6.07 Å². The quantitative estimate of drug-likeness (QED) is 0.460. The molecule has 0 bridgehead atoms. The van der Waals surface area contributed by atoms with Gasteiger partial charge in [-0.25, -0.2) is 0 Å². The topological polar surface area (TPSA) is 109 Å². The first-order valence-corrected chi connectivity index (χ1v) is 6.05. The van der Waals surface area contributed by atoms with Gasteiger partial charge in [-0.15, -0.1) is 0 Å². The number of fused-ring (bicyclic) bond motifs is 1. The molecule has 0 spiro atoms. The van der Waals surface area contributed by atoms with E-state index < -0.39 is 5.91 Å². The molecule has 0 unspecified atom stereocenters. The van der Waals surface area contributed by atoms with Crippen LogP contribution in [-0.2, 0) is 4.79 Å². The molecule has 20 heavy (non-hydrogen) atoms. The fraction of sp³-hybridized carbons (Fsp3) is 0.0833. The van der Waals surface area contributed by atoms with Crippen molar-refractivity contribution in [2.45, 2.75) is 0 Å². The number of carbonyl (C=O) groups excluding carboxylic acids is 1. The number of nitrogens with one attached hydrogen (secondary N) is 3. The molecule has 0 aliphatic heterocycles. The predicted molar refractivity (Wildman–Crippen MR) is 78.1 cm³/mol. The number of rotatable bonds is 3. The Bertz CT molecular complexity index is 713. The Morgan fingerprint density at radius 2 is 2.10 bits per heavy atom. The van der Waals surface area contributed by atoms with Gasteiger partial charge in [0.15, 0.2) is 11.7 Å². The molecule has 0 saturated heterocycles. The number of hydrogen-bond acceptors (Lipinski definition) is 4. The number of carbonyl (C=O) groups is 1. The number of pyridine rings is 1. The normalized spacial score (nSPS) is 10.0. The van der Waals surface area contributed by atoms with Crippen LogP contribution >= 0.6 is 12.2 Å². The molecule has 1 aromatic heterocycles. The van der Waals surface area contributed by atoms with Crippen molar-refractivity contribution in [3.63, 3.8) is 0 Å². The van der Waals surface area contributed by atoms with Gasteiger partial charge in [-0.1, -0.05) is 0 Å². The molecule has 0 fully saturated rings. The highest BCUT2D eigenvalue weighted by Crippen LogP contribution is 2.17. The van der Waals surface area contributed by atoms with Crippen LogP contribution in [0.3, 0.4) is 0 Å². The van der Waals surface area contributed by atoms with Crippen molar-refractivity contribution < 1.29 is 9.53 Å². The molecule has 5 N–H and O–H groups in total. The van der Waals surface area contributed by atoms with E-state index in [9.17, 15) is 9.59 Å². The van der Waals surface area contributed by atoms with Crippen LogP contribution < -0.4 is 26.9 Å². The highest BCUT2D eigenvalue weighted by atomic mass is 32.1. The molecule has 8 heteroatoms. The van der Waals surface area contributed by atoms with Gasteiger partial charge in [0.05, 0.1) is 0 Å². The molecular formula is C12H12N4O3S. The Balaban J connectivity index is 2.00. The Morgan fingerprint density at radius 3 is 2.85 bits per heavy atom. The van der Waals surface area contributed by atoms with Gasteiger partial charge in [-0.2, -0.15) is 0 Å². The first kappa shape index (κ1) is 13.8. The van der Waals surface area contributed by atoms with Crippen LogP contribution in [0.25, 0.3) is 10.9 Å². The van der Waals surface area contributed by atoms with E-state index in [-0.39, 0.29) is 17.3 Å². The number of ether oxygens (including phenoxy) is 1. The lowest BCUT2D eigenvalue weighted by Gasteiger charge is -2.08. The maximum Gasteiger partial charge on any atom is 0.276 e. The van der Waals surface area contributed by atoms with Crippen molar-refractivity contribution >= 4 is 34.1 Å². The number of aromatic amines is 1. The average molecular weight is 292 g/mol. The predicted octanol–water partition coefficient (Wildman–Crippen LogP) is -0.229. The van der Waals surface area contributed by atoms with E-state index in [1.54, 1.807) is 24.3 Å². The lowest BCUT2D eigenvalue weighted by Crippen LogP contribution is -2.46. The highest BCUT2D eigenvalue weighted by molar-refractivity contribution is 7.80. The van der Waals surface area contributed by atoms with Gasteiger partial charge in [0.1, 0.15) is 5.75 Å². The van der Waals surface area contributed by atoms with Crippen molar-refractivity contribution in [1.29, 1.82) is 0 Å². The summed E-state index contributed by atoms with van der Waals surface area (Å²) in [4.78, 5) is 25.2. The number of hydrazine groups is 1. The summed E-state index contributed by atoms with van der Waals surface area (Å²) in [6.45, 7) is -0.190. The molecule has 0 saturated carbocycles. The first-order valence-electron chi connectivity index (χ1n) is 5.65. The molecule has 7 nitrogen and oxygen atoms in total. The summed E-state index contributed by atoms with van der Waals surface area (Å²) in [6, 6.07) is 8.18. The van der Waals surface area contributed by atoms with Gasteiger partial charge < -0.3 is 15.5 Å². The summed E-state index contributed by atoms with van der Waals surface area (Å²) >= 11 is 4.54. The zero-order valence-corrected chi connectivity index (χ0v) is 11.1. The second kappa shape index (κ2) is 6.02. The van der Waals surface area contributed by atoms with Crippen molar-refractivity contribution in [2.75, 3.05) is 6.61 Å². The molecule has 0 atom stereocenters. The molecular weight excluding hydrogens is 280 g/mol. The average Bonchev–Trinajstić information content (AvgIpc) is 2.42. The minimum absolute atomic E-state index is 0.0343. The third kappa shape index (κ3) is 3.69. The van der Waals surface area contributed by atoms with Crippen molar-refractivity contribution in [2.24, 2.45) is 5.73 Å². The fourth-order valence-corrected chi connectivity index (χ4v) is 1.59. The number of benzene rings is 1. The molecule has 1 amide bonds. The van der Waals surface area contributed by atoms with Gasteiger partial charge in [0, 0.05) is 17.0 Å². The molecule has 1 aromatic carbocycles. The van der Waals surface area contributed by atoms with Crippen LogP contribution in [0.15, 0.2) is 35.1 Å². The number of hydrogen-bond donors (Lipinski definition) is 4. The van der Waals surface area contributed by atoms with Crippen LogP contribution in [0.2, 0.25) is 0 Å². The van der Waals surface area contributed by atoms with E-state index in [0.717, 1.165) is 5.39 Å². The van der Waals surface area contributed by atoms with Gasteiger partial charge in [-0.05, 0) is 36.5 Å². The van der Waals surface area contributed by atoms with Gasteiger partial charge in [-0.3, -0.25) is 20.4 Å². The maximum absolute atomic E-state index is 11.4. The molecule has 0 aliphatic carbocycles. The van der Waals surface area contributed by atoms with E-state index in [0.29, 0.717) is 11.3 Å². The summed E-state index contributed by atoms with van der Waals surface area (Å²) in [7, 11) is 0. The van der Waals surface area contributed by atoms with Gasteiger partial charge in [0.25, 0.3) is 5.91 Å². The van der Waals surface area contributed by atoms with Crippen LogP contribution in [0.5, 0.6) is 5.75 Å². The molecule has 2 rings (SSSR count). The number of aromatic nitrogens is 1. The number of nitrogens with two attached hydrogens (primary N) is 1. The Kier molecular flexibility index (Phi) is 4.16. The van der Waals surface area contributed by atoms with Crippen LogP contribution in [0.4, 0.5) is 0 Å². The Morgan fingerprint density at radius 1 is 1.30 bits per heavy atom. The fourth-order valence-electron chi connectivity index (χ4n) is 1.54. The van der Waals surface area contributed by atoms with E-state index in [4.69, 9.17) is 10.5 Å². The van der Waals surface area contributed by atoms with Gasteiger partial charge in [0.2, 0.25) is 5.56 Å². The monoisotopic (exact) mass is 292 g/mol. The zero-order valence-electron chi connectivity index (χ0n) is 10.3. The van der Waals surface area contributed by atoms with Crippen molar-refractivity contribution in [3.05, 3.63) is 40.7 Å². The Labute approximate surface area is 119 Å². The van der Waals surface area contributed by atoms with E-state index >= 15 is 0 Å². The second-order valence-corrected chi connectivity index (χ2v) is 4.34. The number of H-pyrrole nitrogens is 1. The first-order chi connectivity index (χ1) is 9.54. The molecule has 0 radical (unpaired) electrons. The third-order valence-corrected chi connectivity index (χ3v) is 2.49. The summed E-state index contributed by atoms with van der Waals surface area (Å²) in [5, 5.41) is 0.775. The lowest BCUT2D eigenvalue weighted by molar-refractivity contribution is -0.123. The van der Waals surface area contributed by atoms with Gasteiger partial charge >= 0.3 is 0 Å². The largest absolute Gasteiger partial charge is 0.484 e. The van der Waals surface area contributed by atoms with Crippen LogP contribution in [0, 0.1) is 0 Å². The summed E-state index contributed by atoms with van der Waals surface area (Å²) in [5.41, 5.74) is 10.3. The summed E-state index contributed by atoms with van der Waals surface area (Å²) < 4.78 is 5.31. The maximum atomic E-state index is 11.4. The molecule has 2 aromatic rings. The summed E-state index contributed by atoms with van der Waals surface area (Å²) in [6.07, 6.45) is 0. The third-order valence-electron chi connectivity index (χ3n) is 2.39.